The minimum atomic E-state index is -0.480. The van der Waals surface area contributed by atoms with E-state index >= 15 is 0 Å². The van der Waals surface area contributed by atoms with Crippen LogP contribution in [-0.2, 0) is 0 Å². The van der Waals surface area contributed by atoms with E-state index in [1.807, 2.05) is 0 Å². The van der Waals surface area contributed by atoms with Gasteiger partial charge in [-0.1, -0.05) is 22.0 Å². The minimum absolute atomic E-state index is 0.0510. The van der Waals surface area contributed by atoms with Gasteiger partial charge in [0.1, 0.15) is 0 Å². The van der Waals surface area contributed by atoms with Gasteiger partial charge in [-0.05, 0) is 38.2 Å². The van der Waals surface area contributed by atoms with Gasteiger partial charge in [0, 0.05) is 28.6 Å². The van der Waals surface area contributed by atoms with E-state index in [4.69, 9.17) is 0 Å². The Morgan fingerprint density at radius 1 is 1.35 bits per heavy atom. The molecule has 108 valence electrons. The molecule has 0 radical (unpaired) electrons. The van der Waals surface area contributed by atoms with Crippen LogP contribution in [0.4, 0.5) is 5.69 Å². The number of rotatable bonds is 3. The van der Waals surface area contributed by atoms with Gasteiger partial charge in [-0.2, -0.15) is 0 Å². The Labute approximate surface area is 126 Å². The van der Waals surface area contributed by atoms with Crippen LogP contribution in [0, 0.1) is 17.0 Å². The SMILES string of the molecule is Cc1ccc([N+](=O)[O-])cc1C(=O)NC1CCC(Br)CC1. The van der Waals surface area contributed by atoms with E-state index in [-0.39, 0.29) is 17.6 Å². The number of hydrogen-bond acceptors (Lipinski definition) is 3. The second kappa shape index (κ2) is 6.35. The smallest absolute Gasteiger partial charge is 0.270 e. The fourth-order valence-corrected chi connectivity index (χ4v) is 2.96. The normalized spacial score (nSPS) is 22.3. The maximum atomic E-state index is 12.2. The number of alkyl halides is 1. The number of nitro benzene ring substituents is 1. The van der Waals surface area contributed by atoms with Gasteiger partial charge in [-0.25, -0.2) is 0 Å². The summed E-state index contributed by atoms with van der Waals surface area (Å²) in [7, 11) is 0. The van der Waals surface area contributed by atoms with E-state index in [0.717, 1.165) is 31.2 Å². The lowest BCUT2D eigenvalue weighted by Gasteiger charge is -2.26. The third-order valence-electron chi connectivity index (χ3n) is 3.67. The molecule has 0 heterocycles. The van der Waals surface area contributed by atoms with Crippen LogP contribution in [0.3, 0.4) is 0 Å². The van der Waals surface area contributed by atoms with Crippen molar-refractivity contribution in [2.24, 2.45) is 0 Å². The maximum absolute atomic E-state index is 12.2. The van der Waals surface area contributed by atoms with E-state index in [1.165, 1.54) is 12.1 Å². The quantitative estimate of drug-likeness (QED) is 0.521. The summed E-state index contributed by atoms with van der Waals surface area (Å²) in [6, 6.07) is 4.54. The number of aryl methyl sites for hydroxylation is 1. The van der Waals surface area contributed by atoms with Crippen LogP contribution < -0.4 is 5.32 Å². The number of nitrogens with one attached hydrogen (secondary N) is 1. The van der Waals surface area contributed by atoms with Gasteiger partial charge in [0.25, 0.3) is 11.6 Å². The van der Waals surface area contributed by atoms with Crippen molar-refractivity contribution < 1.29 is 9.72 Å². The lowest BCUT2D eigenvalue weighted by Crippen LogP contribution is -2.38. The summed E-state index contributed by atoms with van der Waals surface area (Å²) in [5, 5.41) is 13.8. The molecule has 0 aliphatic heterocycles. The molecule has 0 spiro atoms. The number of carbonyl (C=O) groups is 1. The average molecular weight is 341 g/mol. The summed E-state index contributed by atoms with van der Waals surface area (Å²) in [5.74, 6) is -0.218. The molecule has 1 saturated carbocycles. The number of nitro groups is 1. The van der Waals surface area contributed by atoms with Gasteiger partial charge in [0.2, 0.25) is 0 Å². The Morgan fingerprint density at radius 2 is 2.00 bits per heavy atom. The summed E-state index contributed by atoms with van der Waals surface area (Å²) in [5.41, 5.74) is 1.09. The molecule has 1 fully saturated rings. The van der Waals surface area contributed by atoms with Crippen LogP contribution in [0.5, 0.6) is 0 Å². The molecular weight excluding hydrogens is 324 g/mol. The van der Waals surface area contributed by atoms with Gasteiger partial charge in [0.05, 0.1) is 4.92 Å². The number of nitrogens with zero attached hydrogens (tertiary/aromatic N) is 1. The maximum Gasteiger partial charge on any atom is 0.270 e. The lowest BCUT2D eigenvalue weighted by molar-refractivity contribution is -0.384. The first-order valence-electron chi connectivity index (χ1n) is 6.67. The zero-order chi connectivity index (χ0) is 14.7. The Morgan fingerprint density at radius 3 is 2.60 bits per heavy atom. The van der Waals surface area contributed by atoms with Crippen molar-refractivity contribution >= 4 is 27.5 Å². The topological polar surface area (TPSA) is 72.2 Å². The van der Waals surface area contributed by atoms with E-state index < -0.39 is 4.92 Å². The molecule has 1 N–H and O–H groups in total. The standard InChI is InChI=1S/C14H17BrN2O3/c1-9-2-7-12(17(19)20)8-13(9)14(18)16-11-5-3-10(15)4-6-11/h2,7-8,10-11H,3-6H2,1H3,(H,16,18). The Kier molecular flexibility index (Phi) is 4.75. The predicted molar refractivity (Wildman–Crippen MR) is 80.3 cm³/mol. The number of carbonyl (C=O) groups excluding carboxylic acids is 1. The minimum Gasteiger partial charge on any atom is -0.349 e. The molecule has 5 nitrogen and oxygen atoms in total. The zero-order valence-corrected chi connectivity index (χ0v) is 12.9. The summed E-state index contributed by atoms with van der Waals surface area (Å²) < 4.78 is 0. The monoisotopic (exact) mass is 340 g/mol. The molecule has 1 amide bonds. The largest absolute Gasteiger partial charge is 0.349 e. The fourth-order valence-electron chi connectivity index (χ4n) is 2.43. The molecule has 6 heteroatoms. The molecule has 0 saturated heterocycles. The van der Waals surface area contributed by atoms with Gasteiger partial charge >= 0.3 is 0 Å². The van der Waals surface area contributed by atoms with Crippen molar-refractivity contribution in [3.05, 3.63) is 39.4 Å². The first-order valence-corrected chi connectivity index (χ1v) is 7.59. The van der Waals surface area contributed by atoms with E-state index in [1.54, 1.807) is 13.0 Å². The predicted octanol–water partition coefficient (Wildman–Crippen LogP) is 3.34. The summed E-state index contributed by atoms with van der Waals surface area (Å²) in [4.78, 5) is 23.1. The molecule has 2 rings (SSSR count). The van der Waals surface area contributed by atoms with Crippen molar-refractivity contribution in [1.29, 1.82) is 0 Å². The van der Waals surface area contributed by atoms with Crippen molar-refractivity contribution in [1.82, 2.24) is 5.32 Å². The van der Waals surface area contributed by atoms with Gasteiger partial charge in [-0.3, -0.25) is 14.9 Å². The highest BCUT2D eigenvalue weighted by molar-refractivity contribution is 9.09. The van der Waals surface area contributed by atoms with Gasteiger partial charge in [0.15, 0.2) is 0 Å². The number of halogens is 1. The van der Waals surface area contributed by atoms with E-state index in [2.05, 4.69) is 21.2 Å². The van der Waals surface area contributed by atoms with E-state index in [0.29, 0.717) is 10.4 Å². The second-order valence-corrected chi connectivity index (χ2v) is 6.47. The molecule has 1 aromatic rings. The second-order valence-electron chi connectivity index (χ2n) is 5.18. The van der Waals surface area contributed by atoms with Crippen LogP contribution in [0.15, 0.2) is 18.2 Å². The van der Waals surface area contributed by atoms with Crippen molar-refractivity contribution in [2.75, 3.05) is 0 Å². The zero-order valence-electron chi connectivity index (χ0n) is 11.3. The molecule has 0 aromatic heterocycles. The Bertz CT molecular complexity index is 525. The third kappa shape index (κ3) is 3.56. The number of hydrogen-bond donors (Lipinski definition) is 1. The fraction of sp³-hybridized carbons (Fsp3) is 0.500. The molecule has 20 heavy (non-hydrogen) atoms. The van der Waals surface area contributed by atoms with Crippen LogP contribution >= 0.6 is 15.9 Å². The molecule has 1 aromatic carbocycles. The Balaban J connectivity index is 2.08. The van der Waals surface area contributed by atoms with Crippen LogP contribution in [0.2, 0.25) is 0 Å². The molecule has 0 bridgehead atoms. The van der Waals surface area contributed by atoms with Crippen molar-refractivity contribution in [3.63, 3.8) is 0 Å². The highest BCUT2D eigenvalue weighted by Crippen LogP contribution is 2.25. The summed E-state index contributed by atoms with van der Waals surface area (Å²) in [6.45, 7) is 1.79. The molecule has 0 atom stereocenters. The number of benzene rings is 1. The van der Waals surface area contributed by atoms with E-state index in [9.17, 15) is 14.9 Å². The lowest BCUT2D eigenvalue weighted by atomic mass is 9.95. The van der Waals surface area contributed by atoms with Crippen molar-refractivity contribution in [3.8, 4) is 0 Å². The number of amides is 1. The molecule has 0 unspecified atom stereocenters. The Hall–Kier alpha value is -1.43. The van der Waals surface area contributed by atoms with Gasteiger partial charge in [-0.15, -0.1) is 0 Å². The first-order chi connectivity index (χ1) is 9.47. The van der Waals surface area contributed by atoms with Crippen LogP contribution in [-0.4, -0.2) is 21.7 Å². The average Bonchev–Trinajstić information content (AvgIpc) is 2.41. The summed E-state index contributed by atoms with van der Waals surface area (Å²) in [6.07, 6.45) is 3.96. The molecule has 1 aliphatic rings. The van der Waals surface area contributed by atoms with Crippen LogP contribution in [0.1, 0.15) is 41.6 Å². The first kappa shape index (κ1) is 15.0. The highest BCUT2D eigenvalue weighted by atomic mass is 79.9. The summed E-state index contributed by atoms with van der Waals surface area (Å²) >= 11 is 3.58. The van der Waals surface area contributed by atoms with Crippen molar-refractivity contribution in [2.45, 2.75) is 43.5 Å². The highest BCUT2D eigenvalue weighted by Gasteiger charge is 2.22. The van der Waals surface area contributed by atoms with Crippen LogP contribution in [0.25, 0.3) is 0 Å². The molecular formula is C14H17BrN2O3. The molecule has 1 aliphatic carbocycles. The number of non-ortho nitro benzene ring substituents is 1. The third-order valence-corrected chi connectivity index (χ3v) is 4.58. The van der Waals surface area contributed by atoms with Gasteiger partial charge < -0.3 is 5.32 Å².